The van der Waals surface area contributed by atoms with Crippen molar-refractivity contribution in [3.05, 3.63) is 27.6 Å². The molecule has 2 rings (SSSR count). The fraction of sp³-hybridized carbons (Fsp3) is 0.538. The molecule has 94 valence electrons. The van der Waals surface area contributed by atoms with Gasteiger partial charge in [-0.3, -0.25) is 0 Å². The van der Waals surface area contributed by atoms with Crippen molar-refractivity contribution >= 4 is 28.3 Å². The topological polar surface area (TPSA) is 15.3 Å². The number of anilines is 1. The van der Waals surface area contributed by atoms with Crippen molar-refractivity contribution < 1.29 is 4.39 Å². The third-order valence-electron chi connectivity index (χ3n) is 3.23. The summed E-state index contributed by atoms with van der Waals surface area (Å²) >= 11 is 2.17. The molecule has 1 atom stereocenters. The Morgan fingerprint density at radius 3 is 3.06 bits per heavy atom. The SMILES string of the molecule is CN1CCCC(CNc2ccc(F)cc2I)C1. The largest absolute Gasteiger partial charge is 0.384 e. The maximum atomic E-state index is 13.0. The second-order valence-corrected chi connectivity index (χ2v) is 5.94. The number of nitrogens with one attached hydrogen (secondary N) is 1. The highest BCUT2D eigenvalue weighted by Crippen LogP contribution is 2.21. The van der Waals surface area contributed by atoms with Crippen molar-refractivity contribution in [1.29, 1.82) is 0 Å². The number of likely N-dealkylation sites (tertiary alicyclic amines) is 1. The fourth-order valence-electron chi connectivity index (χ4n) is 2.33. The summed E-state index contributed by atoms with van der Waals surface area (Å²) in [5.74, 6) is 0.534. The van der Waals surface area contributed by atoms with E-state index in [0.717, 1.165) is 22.3 Å². The lowest BCUT2D eigenvalue weighted by Crippen LogP contribution is -2.35. The molecular weight excluding hydrogens is 330 g/mol. The zero-order valence-electron chi connectivity index (χ0n) is 10.0. The fourth-order valence-corrected chi connectivity index (χ4v) is 2.99. The van der Waals surface area contributed by atoms with Crippen molar-refractivity contribution in [1.82, 2.24) is 4.90 Å². The van der Waals surface area contributed by atoms with Gasteiger partial charge in [0.25, 0.3) is 0 Å². The molecule has 0 bridgehead atoms. The minimum atomic E-state index is -0.169. The van der Waals surface area contributed by atoms with Crippen LogP contribution in [-0.4, -0.2) is 31.6 Å². The number of halogens is 2. The molecule has 1 saturated heterocycles. The molecular formula is C13H18FIN2. The molecule has 0 spiro atoms. The summed E-state index contributed by atoms with van der Waals surface area (Å²) in [5, 5.41) is 3.43. The van der Waals surface area contributed by atoms with Crippen LogP contribution in [0.4, 0.5) is 10.1 Å². The maximum absolute atomic E-state index is 13.0. The molecule has 1 unspecified atom stereocenters. The Morgan fingerprint density at radius 1 is 1.53 bits per heavy atom. The first kappa shape index (κ1) is 13.1. The first-order valence-electron chi connectivity index (χ1n) is 6.02. The lowest BCUT2D eigenvalue weighted by atomic mass is 9.98. The molecule has 0 saturated carbocycles. The molecule has 1 aliphatic rings. The van der Waals surface area contributed by atoms with Crippen LogP contribution in [-0.2, 0) is 0 Å². The number of hydrogen-bond donors (Lipinski definition) is 1. The summed E-state index contributed by atoms with van der Waals surface area (Å²) in [7, 11) is 2.17. The van der Waals surface area contributed by atoms with Gasteiger partial charge in [0, 0.05) is 22.3 Å². The van der Waals surface area contributed by atoms with Crippen LogP contribution in [0.15, 0.2) is 18.2 Å². The summed E-state index contributed by atoms with van der Waals surface area (Å²) in [5.41, 5.74) is 1.04. The van der Waals surface area contributed by atoms with Crippen LogP contribution in [0, 0.1) is 15.3 Å². The lowest BCUT2D eigenvalue weighted by Gasteiger charge is -2.30. The summed E-state index contributed by atoms with van der Waals surface area (Å²) in [6, 6.07) is 4.90. The molecule has 1 aromatic carbocycles. The zero-order chi connectivity index (χ0) is 12.3. The van der Waals surface area contributed by atoms with Crippen molar-refractivity contribution in [2.24, 2.45) is 5.92 Å². The van der Waals surface area contributed by atoms with Crippen molar-refractivity contribution in [3.8, 4) is 0 Å². The molecule has 4 heteroatoms. The molecule has 0 aromatic heterocycles. The van der Waals surface area contributed by atoms with E-state index in [0.29, 0.717) is 5.92 Å². The van der Waals surface area contributed by atoms with Gasteiger partial charge in [-0.15, -0.1) is 0 Å². The van der Waals surface area contributed by atoms with Crippen molar-refractivity contribution in [2.45, 2.75) is 12.8 Å². The number of benzene rings is 1. The molecule has 1 N–H and O–H groups in total. The predicted molar refractivity (Wildman–Crippen MR) is 77.8 cm³/mol. The van der Waals surface area contributed by atoms with E-state index in [4.69, 9.17) is 0 Å². The number of nitrogens with zero attached hydrogens (tertiary/aromatic N) is 1. The van der Waals surface area contributed by atoms with Gasteiger partial charge in [-0.05, 0) is 73.1 Å². The van der Waals surface area contributed by atoms with E-state index >= 15 is 0 Å². The van der Waals surface area contributed by atoms with Gasteiger partial charge in [0.15, 0.2) is 0 Å². The zero-order valence-corrected chi connectivity index (χ0v) is 12.2. The Bertz CT molecular complexity index is 384. The van der Waals surface area contributed by atoms with Crippen LogP contribution < -0.4 is 5.32 Å². The van der Waals surface area contributed by atoms with Crippen molar-refractivity contribution in [2.75, 3.05) is 32.0 Å². The molecule has 1 fully saturated rings. The van der Waals surface area contributed by atoms with Crippen LogP contribution >= 0.6 is 22.6 Å². The van der Waals surface area contributed by atoms with Gasteiger partial charge >= 0.3 is 0 Å². The van der Waals surface area contributed by atoms with Crippen LogP contribution in [0.2, 0.25) is 0 Å². The second kappa shape index (κ2) is 6.00. The maximum Gasteiger partial charge on any atom is 0.124 e. The van der Waals surface area contributed by atoms with E-state index in [1.807, 2.05) is 6.07 Å². The summed E-state index contributed by atoms with van der Waals surface area (Å²) in [4.78, 5) is 2.38. The highest BCUT2D eigenvalue weighted by molar-refractivity contribution is 14.1. The van der Waals surface area contributed by atoms with Crippen molar-refractivity contribution in [3.63, 3.8) is 0 Å². The molecule has 0 aliphatic carbocycles. The lowest BCUT2D eigenvalue weighted by molar-refractivity contribution is 0.217. The van der Waals surface area contributed by atoms with Crippen LogP contribution in [0.5, 0.6) is 0 Å². The van der Waals surface area contributed by atoms with Crippen LogP contribution in [0.3, 0.4) is 0 Å². The molecule has 0 amide bonds. The minimum Gasteiger partial charge on any atom is -0.384 e. The molecule has 1 aliphatic heterocycles. The standard InChI is InChI=1S/C13H18FIN2/c1-17-6-2-3-10(9-17)8-16-13-5-4-11(14)7-12(13)15/h4-5,7,10,16H,2-3,6,8-9H2,1H3. The summed E-state index contributed by atoms with van der Waals surface area (Å²) < 4.78 is 13.9. The molecule has 1 heterocycles. The predicted octanol–water partition coefficient (Wildman–Crippen LogP) is 3.18. The third kappa shape index (κ3) is 3.81. The summed E-state index contributed by atoms with van der Waals surface area (Å²) in [6.45, 7) is 3.35. The Balaban J connectivity index is 1.88. The molecule has 17 heavy (non-hydrogen) atoms. The Hall–Kier alpha value is -0.360. The Kier molecular flexibility index (Phi) is 4.62. The second-order valence-electron chi connectivity index (χ2n) is 4.78. The first-order valence-corrected chi connectivity index (χ1v) is 7.10. The Morgan fingerprint density at radius 2 is 2.35 bits per heavy atom. The first-order chi connectivity index (χ1) is 8.15. The van der Waals surface area contributed by atoms with E-state index in [1.54, 1.807) is 6.07 Å². The van der Waals surface area contributed by atoms with Gasteiger partial charge in [0.2, 0.25) is 0 Å². The average molecular weight is 348 g/mol. The third-order valence-corrected chi connectivity index (χ3v) is 4.13. The van der Waals surface area contributed by atoms with Crippen LogP contribution in [0.25, 0.3) is 0 Å². The number of rotatable bonds is 3. The van der Waals surface area contributed by atoms with Gasteiger partial charge in [0.05, 0.1) is 0 Å². The molecule has 0 radical (unpaired) electrons. The van der Waals surface area contributed by atoms with E-state index in [1.165, 1.54) is 25.5 Å². The van der Waals surface area contributed by atoms with Gasteiger partial charge in [-0.1, -0.05) is 0 Å². The average Bonchev–Trinajstić information content (AvgIpc) is 2.28. The smallest absolute Gasteiger partial charge is 0.124 e. The van der Waals surface area contributed by atoms with E-state index in [-0.39, 0.29) is 5.82 Å². The Labute approximate surface area is 116 Å². The van der Waals surface area contributed by atoms with Gasteiger partial charge in [-0.25, -0.2) is 4.39 Å². The minimum absolute atomic E-state index is 0.169. The molecule has 1 aromatic rings. The van der Waals surface area contributed by atoms with Crippen LogP contribution in [0.1, 0.15) is 12.8 Å². The molecule has 2 nitrogen and oxygen atoms in total. The highest BCUT2D eigenvalue weighted by Gasteiger charge is 2.16. The van der Waals surface area contributed by atoms with E-state index in [2.05, 4.69) is 39.9 Å². The highest BCUT2D eigenvalue weighted by atomic mass is 127. The van der Waals surface area contributed by atoms with Gasteiger partial charge in [0.1, 0.15) is 5.82 Å². The quantitative estimate of drug-likeness (QED) is 0.844. The van der Waals surface area contributed by atoms with Gasteiger partial charge in [-0.2, -0.15) is 0 Å². The number of piperidine rings is 1. The van der Waals surface area contributed by atoms with E-state index < -0.39 is 0 Å². The monoisotopic (exact) mass is 348 g/mol. The van der Waals surface area contributed by atoms with Gasteiger partial charge < -0.3 is 10.2 Å². The normalized spacial score (nSPS) is 21.5. The van der Waals surface area contributed by atoms with E-state index in [9.17, 15) is 4.39 Å². The number of hydrogen-bond acceptors (Lipinski definition) is 2. The summed E-state index contributed by atoms with van der Waals surface area (Å²) in [6.07, 6.45) is 2.57.